The number of hydrogen-bond donors (Lipinski definition) is 3. The molecular formula is C29H29N7O3. The highest BCUT2D eigenvalue weighted by Gasteiger charge is 2.31. The molecule has 10 heteroatoms. The molecule has 1 aliphatic rings. The number of hydroxylamine groups is 2. The number of amides is 2. The van der Waals surface area contributed by atoms with Crippen LogP contribution in [0, 0.1) is 11.8 Å². The zero-order valence-electron chi connectivity index (χ0n) is 21.7. The van der Waals surface area contributed by atoms with Gasteiger partial charge in [0.05, 0.1) is 42.2 Å². The molecule has 0 bridgehead atoms. The Morgan fingerprint density at radius 2 is 1.82 bits per heavy atom. The third-order valence-corrected chi connectivity index (χ3v) is 5.84. The molecule has 0 saturated carbocycles. The van der Waals surface area contributed by atoms with Crippen LogP contribution in [0.15, 0.2) is 79.4 Å². The second-order valence-corrected chi connectivity index (χ2v) is 9.79. The van der Waals surface area contributed by atoms with Crippen molar-refractivity contribution in [2.45, 2.75) is 38.5 Å². The zero-order chi connectivity index (χ0) is 27.2. The Morgan fingerprint density at radius 1 is 1.05 bits per heavy atom. The second kappa shape index (κ2) is 11.3. The molecule has 2 aromatic carbocycles. The third-order valence-electron chi connectivity index (χ3n) is 5.84. The largest absolute Gasteiger partial charge is 0.389 e. The molecule has 0 aliphatic carbocycles. The molecule has 5 rings (SSSR count). The average molecular weight is 524 g/mol. The van der Waals surface area contributed by atoms with E-state index in [0.29, 0.717) is 36.0 Å². The van der Waals surface area contributed by atoms with Crippen LogP contribution >= 0.6 is 0 Å². The van der Waals surface area contributed by atoms with Gasteiger partial charge in [-0.1, -0.05) is 48.2 Å². The summed E-state index contributed by atoms with van der Waals surface area (Å²) < 4.78 is 1.65. The topological polar surface area (TPSA) is 117 Å². The monoisotopic (exact) mass is 523 g/mol. The molecule has 1 fully saturated rings. The van der Waals surface area contributed by atoms with Gasteiger partial charge in [0.15, 0.2) is 0 Å². The molecule has 0 spiro atoms. The molecule has 39 heavy (non-hydrogen) atoms. The predicted molar refractivity (Wildman–Crippen MR) is 147 cm³/mol. The van der Waals surface area contributed by atoms with E-state index in [1.165, 1.54) is 5.06 Å². The van der Waals surface area contributed by atoms with Crippen molar-refractivity contribution in [3.8, 4) is 11.8 Å². The van der Waals surface area contributed by atoms with Crippen molar-refractivity contribution in [1.29, 1.82) is 0 Å². The maximum atomic E-state index is 12.9. The van der Waals surface area contributed by atoms with Crippen molar-refractivity contribution in [2.75, 3.05) is 17.2 Å². The van der Waals surface area contributed by atoms with Crippen molar-refractivity contribution < 1.29 is 14.7 Å². The first kappa shape index (κ1) is 25.9. The molecule has 4 aromatic rings. The fourth-order valence-electron chi connectivity index (χ4n) is 4.14. The lowest BCUT2D eigenvalue weighted by atomic mass is 10.1. The number of nitrogens with one attached hydrogen (secondary N) is 2. The molecule has 1 atom stereocenters. The van der Waals surface area contributed by atoms with E-state index >= 15 is 0 Å². The lowest BCUT2D eigenvalue weighted by Gasteiger charge is -2.23. The molecule has 0 radical (unpaired) electrons. The Labute approximate surface area is 226 Å². The van der Waals surface area contributed by atoms with Gasteiger partial charge in [0.25, 0.3) is 0 Å². The van der Waals surface area contributed by atoms with Gasteiger partial charge in [-0.05, 0) is 37.6 Å². The standard InChI is InChI=1S/C29H29N7O3/c1-29(2,38)20-35-19-25(18-32-35)33-27-30-16-22(17-31-27)12-11-21-7-6-10-24(15-21)34-28(37)36-26(13-14-39-36)23-8-4-3-5-9-23/h3-10,15-19,26,38H,13-14,20H2,1-2H3,(H,34,37)(H,30,31,33)/t26-/m0/s1. The molecular weight excluding hydrogens is 494 g/mol. The van der Waals surface area contributed by atoms with E-state index in [1.54, 1.807) is 49.4 Å². The summed E-state index contributed by atoms with van der Waals surface area (Å²) >= 11 is 0. The predicted octanol–water partition coefficient (Wildman–Crippen LogP) is 4.50. The Morgan fingerprint density at radius 3 is 2.59 bits per heavy atom. The van der Waals surface area contributed by atoms with Gasteiger partial charge in [0.1, 0.15) is 0 Å². The van der Waals surface area contributed by atoms with Gasteiger partial charge in [-0.15, -0.1) is 0 Å². The van der Waals surface area contributed by atoms with Crippen LogP contribution in [0.25, 0.3) is 0 Å². The summed E-state index contributed by atoms with van der Waals surface area (Å²) in [5, 5.41) is 21.6. The molecule has 10 nitrogen and oxygen atoms in total. The van der Waals surface area contributed by atoms with Crippen LogP contribution < -0.4 is 10.6 Å². The maximum absolute atomic E-state index is 12.9. The van der Waals surface area contributed by atoms with Crippen molar-refractivity contribution in [3.63, 3.8) is 0 Å². The number of anilines is 3. The van der Waals surface area contributed by atoms with Crippen LogP contribution in [0.2, 0.25) is 0 Å². The minimum Gasteiger partial charge on any atom is -0.389 e. The van der Waals surface area contributed by atoms with Gasteiger partial charge >= 0.3 is 6.03 Å². The van der Waals surface area contributed by atoms with Crippen LogP contribution in [0.5, 0.6) is 0 Å². The zero-order valence-corrected chi connectivity index (χ0v) is 21.7. The van der Waals surface area contributed by atoms with Crippen molar-refractivity contribution >= 4 is 23.4 Å². The van der Waals surface area contributed by atoms with E-state index in [1.807, 2.05) is 48.5 Å². The summed E-state index contributed by atoms with van der Waals surface area (Å²) in [6.07, 6.45) is 7.42. The highest BCUT2D eigenvalue weighted by molar-refractivity contribution is 5.89. The highest BCUT2D eigenvalue weighted by Crippen LogP contribution is 2.30. The summed E-state index contributed by atoms with van der Waals surface area (Å²) in [7, 11) is 0. The van der Waals surface area contributed by atoms with Crippen LogP contribution in [-0.4, -0.2) is 48.2 Å². The molecule has 3 heterocycles. The summed E-state index contributed by atoms with van der Waals surface area (Å²) in [5.41, 5.74) is 2.88. The van der Waals surface area contributed by atoms with E-state index in [4.69, 9.17) is 4.84 Å². The fraction of sp³-hybridized carbons (Fsp3) is 0.241. The van der Waals surface area contributed by atoms with Gasteiger partial charge < -0.3 is 15.7 Å². The van der Waals surface area contributed by atoms with Gasteiger partial charge in [-0.2, -0.15) is 10.2 Å². The van der Waals surface area contributed by atoms with Crippen molar-refractivity contribution in [2.24, 2.45) is 0 Å². The number of aromatic nitrogens is 4. The van der Waals surface area contributed by atoms with Crippen LogP contribution in [-0.2, 0) is 11.4 Å². The summed E-state index contributed by atoms with van der Waals surface area (Å²) in [6, 6.07) is 16.7. The maximum Gasteiger partial charge on any atom is 0.346 e. The lowest BCUT2D eigenvalue weighted by Crippen LogP contribution is -2.33. The normalized spacial score (nSPS) is 14.9. The van der Waals surface area contributed by atoms with Crippen LogP contribution in [0.1, 0.15) is 43.0 Å². The number of urea groups is 1. The Hall–Kier alpha value is -4.72. The molecule has 0 unspecified atom stereocenters. The van der Waals surface area contributed by atoms with E-state index < -0.39 is 5.60 Å². The number of rotatable bonds is 6. The molecule has 2 amide bonds. The lowest BCUT2D eigenvalue weighted by molar-refractivity contribution is -0.0829. The van der Waals surface area contributed by atoms with Gasteiger partial charge in [-0.25, -0.2) is 14.8 Å². The smallest absolute Gasteiger partial charge is 0.346 e. The Balaban J connectivity index is 1.20. The van der Waals surface area contributed by atoms with E-state index in [2.05, 4.69) is 37.5 Å². The number of carbonyl (C=O) groups excluding carboxylic acids is 1. The first-order valence-corrected chi connectivity index (χ1v) is 12.6. The average Bonchev–Trinajstić information content (AvgIpc) is 3.58. The van der Waals surface area contributed by atoms with Gasteiger partial charge in [0.2, 0.25) is 5.95 Å². The molecule has 198 valence electrons. The first-order chi connectivity index (χ1) is 18.8. The quantitative estimate of drug-likeness (QED) is 0.319. The summed E-state index contributed by atoms with van der Waals surface area (Å²) in [5.74, 6) is 6.55. The van der Waals surface area contributed by atoms with E-state index in [-0.39, 0.29) is 12.1 Å². The molecule has 1 aliphatic heterocycles. The van der Waals surface area contributed by atoms with Crippen molar-refractivity contribution in [1.82, 2.24) is 24.8 Å². The molecule has 3 N–H and O–H groups in total. The second-order valence-electron chi connectivity index (χ2n) is 9.79. The van der Waals surface area contributed by atoms with E-state index in [0.717, 1.165) is 17.5 Å². The van der Waals surface area contributed by atoms with E-state index in [9.17, 15) is 9.90 Å². The third kappa shape index (κ3) is 6.98. The fourth-order valence-corrected chi connectivity index (χ4v) is 4.14. The number of nitrogens with zero attached hydrogens (tertiary/aromatic N) is 5. The SMILES string of the molecule is CC(C)(O)Cn1cc(Nc2ncc(C#Cc3cccc(NC(=O)N4OCC[C@H]4c4ccccc4)c3)cn2)cn1. The minimum atomic E-state index is -0.862. The summed E-state index contributed by atoms with van der Waals surface area (Å²) in [4.78, 5) is 27.2. The van der Waals surface area contributed by atoms with Gasteiger partial charge in [-0.3, -0.25) is 9.52 Å². The molecule has 1 saturated heterocycles. The summed E-state index contributed by atoms with van der Waals surface area (Å²) in [6.45, 7) is 4.30. The highest BCUT2D eigenvalue weighted by atomic mass is 16.7. The van der Waals surface area contributed by atoms with Gasteiger partial charge in [0, 0.05) is 36.3 Å². The first-order valence-electron chi connectivity index (χ1n) is 12.6. The molecule has 2 aromatic heterocycles. The number of benzene rings is 2. The van der Waals surface area contributed by atoms with Crippen LogP contribution in [0.3, 0.4) is 0 Å². The number of aliphatic hydroxyl groups is 1. The Kier molecular flexibility index (Phi) is 7.54. The number of carbonyl (C=O) groups is 1. The van der Waals surface area contributed by atoms with Crippen LogP contribution in [0.4, 0.5) is 22.1 Å². The number of hydrogen-bond acceptors (Lipinski definition) is 7. The Bertz CT molecular complexity index is 1490. The minimum absolute atomic E-state index is 0.129. The van der Waals surface area contributed by atoms with Crippen molar-refractivity contribution in [3.05, 3.63) is 96.1 Å².